The minimum atomic E-state index is -3.65. The molecule has 0 atom stereocenters. The fourth-order valence-electron chi connectivity index (χ4n) is 3.80. The number of hydrogen-bond acceptors (Lipinski definition) is 6. The van der Waals surface area contributed by atoms with E-state index >= 15 is 0 Å². The highest BCUT2D eigenvalue weighted by molar-refractivity contribution is 7.89. The van der Waals surface area contributed by atoms with Crippen molar-refractivity contribution in [2.24, 2.45) is 7.05 Å². The molecule has 1 aliphatic rings. The summed E-state index contributed by atoms with van der Waals surface area (Å²) < 4.78 is 36.2. The third-order valence-electron chi connectivity index (χ3n) is 6.10. The van der Waals surface area contributed by atoms with Crippen LogP contribution in [-0.2, 0) is 23.8 Å². The molecule has 3 heterocycles. The van der Waals surface area contributed by atoms with Gasteiger partial charge in [0.15, 0.2) is 12.4 Å². The lowest BCUT2D eigenvalue weighted by Gasteiger charge is -2.33. The second-order valence-corrected chi connectivity index (χ2v) is 10.6. The van der Waals surface area contributed by atoms with E-state index in [-0.39, 0.29) is 30.6 Å². The maximum Gasteiger partial charge on any atom is 0.274 e. The summed E-state index contributed by atoms with van der Waals surface area (Å²) in [5.74, 6) is 0.957. The topological polar surface area (TPSA) is 103 Å². The van der Waals surface area contributed by atoms with Gasteiger partial charge in [-0.3, -0.25) is 9.48 Å². The molecule has 1 aromatic carbocycles. The Bertz CT molecular complexity index is 1250. The summed E-state index contributed by atoms with van der Waals surface area (Å²) >= 11 is 0. The Morgan fingerprint density at radius 1 is 1.09 bits per heavy atom. The van der Waals surface area contributed by atoms with Gasteiger partial charge in [0.05, 0.1) is 11.9 Å². The first-order chi connectivity index (χ1) is 16.2. The van der Waals surface area contributed by atoms with Gasteiger partial charge in [0.1, 0.15) is 10.6 Å². The summed E-state index contributed by atoms with van der Waals surface area (Å²) in [6, 6.07) is 9.56. The van der Waals surface area contributed by atoms with Gasteiger partial charge in [0, 0.05) is 39.4 Å². The second-order valence-electron chi connectivity index (χ2n) is 8.65. The third-order valence-corrected chi connectivity index (χ3v) is 8.11. The van der Waals surface area contributed by atoms with Crippen LogP contribution in [0.15, 0.2) is 47.6 Å². The quantitative estimate of drug-likeness (QED) is 0.508. The largest absolute Gasteiger partial charge is 0.471 e. The number of carbonyl (C=O) groups is 1. The number of piperazine rings is 1. The van der Waals surface area contributed by atoms with Crippen LogP contribution in [-0.4, -0.2) is 69.3 Å². The minimum absolute atomic E-state index is 0.185. The van der Waals surface area contributed by atoms with Crippen LogP contribution in [0.5, 0.6) is 5.75 Å². The average Bonchev–Trinajstić information content (AvgIpc) is 3.44. The fourth-order valence-corrected chi connectivity index (χ4v) is 5.41. The average molecular weight is 487 g/mol. The molecule has 0 N–H and O–H groups in total. The lowest BCUT2D eigenvalue weighted by Crippen LogP contribution is -2.50. The lowest BCUT2D eigenvalue weighted by atomic mass is 10.0. The number of ether oxygens (including phenoxy) is 1. The lowest BCUT2D eigenvalue weighted by molar-refractivity contribution is 0.0690. The van der Waals surface area contributed by atoms with Crippen LogP contribution >= 0.6 is 0 Å². The third kappa shape index (κ3) is 4.85. The van der Waals surface area contributed by atoms with E-state index in [1.54, 1.807) is 35.8 Å². The number of aryl methyl sites for hydroxylation is 1. The summed E-state index contributed by atoms with van der Waals surface area (Å²) in [6.07, 6.45) is 3.07. The molecule has 1 aliphatic heterocycles. The molecule has 0 aliphatic carbocycles. The zero-order valence-corrected chi connectivity index (χ0v) is 20.7. The highest BCUT2D eigenvalue weighted by atomic mass is 32.2. The van der Waals surface area contributed by atoms with Crippen LogP contribution in [0.2, 0.25) is 0 Å². The fraction of sp³-hybridized carbons (Fsp3) is 0.435. The van der Waals surface area contributed by atoms with Crippen molar-refractivity contribution in [3.63, 3.8) is 0 Å². The van der Waals surface area contributed by atoms with E-state index in [2.05, 4.69) is 24.0 Å². The molecule has 0 unspecified atom stereocenters. The van der Waals surface area contributed by atoms with Crippen molar-refractivity contribution in [1.29, 1.82) is 0 Å². The molecule has 1 saturated heterocycles. The monoisotopic (exact) mass is 486 g/mol. The minimum Gasteiger partial charge on any atom is -0.471 e. The molecule has 0 saturated carbocycles. The zero-order chi connectivity index (χ0) is 24.5. The SMILES string of the molecule is Cc1c(S(=O)(=O)N2CCN(C(=O)c3ccn(COc4ccc(C(C)C)cc4)n3)CC2)cnn1C. The van der Waals surface area contributed by atoms with Crippen LogP contribution in [0.1, 0.15) is 41.5 Å². The Kier molecular flexibility index (Phi) is 6.76. The molecule has 4 rings (SSSR count). The van der Waals surface area contributed by atoms with Crippen molar-refractivity contribution in [3.05, 3.63) is 59.7 Å². The Morgan fingerprint density at radius 3 is 2.35 bits per heavy atom. The van der Waals surface area contributed by atoms with Gasteiger partial charge in [0.2, 0.25) is 10.0 Å². The molecule has 2 aromatic heterocycles. The summed E-state index contributed by atoms with van der Waals surface area (Å²) in [5, 5.41) is 8.37. The Morgan fingerprint density at radius 2 is 1.76 bits per heavy atom. The summed E-state index contributed by atoms with van der Waals surface area (Å²) in [6.45, 7) is 7.21. The molecule has 34 heavy (non-hydrogen) atoms. The highest BCUT2D eigenvalue weighted by Crippen LogP contribution is 2.21. The molecular formula is C23H30N6O4S. The number of rotatable bonds is 7. The maximum atomic E-state index is 13.0. The number of nitrogens with zero attached hydrogens (tertiary/aromatic N) is 6. The molecule has 1 fully saturated rings. The molecule has 10 nitrogen and oxygen atoms in total. The summed E-state index contributed by atoms with van der Waals surface area (Å²) in [7, 11) is -1.94. The second kappa shape index (κ2) is 9.59. The first kappa shape index (κ1) is 24.0. The molecule has 0 bridgehead atoms. The molecular weight excluding hydrogens is 456 g/mol. The van der Waals surface area contributed by atoms with Gasteiger partial charge in [-0.2, -0.15) is 14.5 Å². The van der Waals surface area contributed by atoms with Gasteiger partial charge in [-0.15, -0.1) is 0 Å². The predicted octanol–water partition coefficient (Wildman–Crippen LogP) is 2.23. The van der Waals surface area contributed by atoms with Crippen molar-refractivity contribution in [1.82, 2.24) is 28.8 Å². The Labute approximate surface area is 199 Å². The number of amides is 1. The van der Waals surface area contributed by atoms with Gasteiger partial charge in [-0.25, -0.2) is 13.1 Å². The van der Waals surface area contributed by atoms with Crippen LogP contribution < -0.4 is 4.74 Å². The van der Waals surface area contributed by atoms with Crippen LogP contribution in [0.25, 0.3) is 0 Å². The van der Waals surface area contributed by atoms with Crippen molar-refractivity contribution in [3.8, 4) is 5.75 Å². The highest BCUT2D eigenvalue weighted by Gasteiger charge is 2.33. The zero-order valence-electron chi connectivity index (χ0n) is 19.9. The van der Waals surface area contributed by atoms with Gasteiger partial charge in [-0.05, 0) is 36.6 Å². The normalized spacial score (nSPS) is 15.1. The van der Waals surface area contributed by atoms with E-state index in [0.717, 1.165) is 5.75 Å². The van der Waals surface area contributed by atoms with Crippen molar-refractivity contribution >= 4 is 15.9 Å². The van der Waals surface area contributed by atoms with E-state index in [1.165, 1.54) is 20.7 Å². The van der Waals surface area contributed by atoms with Crippen LogP contribution in [0.4, 0.5) is 0 Å². The standard InChI is InChI=1S/C23H30N6O4S/c1-17(2)19-5-7-20(8-6-19)33-16-28-10-9-21(25-28)23(30)27-11-13-29(14-12-27)34(31,32)22-15-24-26(4)18(22)3/h5-10,15,17H,11-14,16H2,1-4H3. The van der Waals surface area contributed by atoms with E-state index in [4.69, 9.17) is 4.74 Å². The van der Waals surface area contributed by atoms with E-state index in [9.17, 15) is 13.2 Å². The molecule has 0 spiro atoms. The maximum absolute atomic E-state index is 13.0. The summed E-state index contributed by atoms with van der Waals surface area (Å²) in [4.78, 5) is 14.7. The van der Waals surface area contributed by atoms with Gasteiger partial charge in [0.25, 0.3) is 5.91 Å². The van der Waals surface area contributed by atoms with Crippen LogP contribution in [0, 0.1) is 6.92 Å². The smallest absolute Gasteiger partial charge is 0.274 e. The number of aromatic nitrogens is 4. The molecule has 182 valence electrons. The van der Waals surface area contributed by atoms with Crippen molar-refractivity contribution in [2.75, 3.05) is 26.2 Å². The van der Waals surface area contributed by atoms with E-state index < -0.39 is 10.0 Å². The van der Waals surface area contributed by atoms with Gasteiger partial charge < -0.3 is 9.64 Å². The van der Waals surface area contributed by atoms with E-state index in [0.29, 0.717) is 30.4 Å². The number of carbonyl (C=O) groups excluding carboxylic acids is 1. The predicted molar refractivity (Wildman–Crippen MR) is 126 cm³/mol. The van der Waals surface area contributed by atoms with E-state index in [1.807, 2.05) is 24.3 Å². The summed E-state index contributed by atoms with van der Waals surface area (Å²) in [5.41, 5.74) is 2.13. The number of benzene rings is 1. The molecule has 3 aromatic rings. The Hall–Kier alpha value is -3.18. The number of sulfonamides is 1. The number of hydrogen-bond donors (Lipinski definition) is 0. The van der Waals surface area contributed by atoms with Crippen molar-refractivity contribution in [2.45, 2.75) is 38.3 Å². The van der Waals surface area contributed by atoms with Crippen LogP contribution in [0.3, 0.4) is 0 Å². The first-order valence-corrected chi connectivity index (χ1v) is 12.6. The van der Waals surface area contributed by atoms with Crippen molar-refractivity contribution < 1.29 is 17.9 Å². The van der Waals surface area contributed by atoms with Gasteiger partial charge >= 0.3 is 0 Å². The Balaban J connectivity index is 1.33. The molecule has 11 heteroatoms. The molecule has 0 radical (unpaired) electrons. The van der Waals surface area contributed by atoms with Gasteiger partial charge in [-0.1, -0.05) is 26.0 Å². The first-order valence-electron chi connectivity index (χ1n) is 11.2. The molecule has 1 amide bonds.